The molecule has 144 valence electrons. The maximum atomic E-state index is 5.43. The molecule has 0 saturated heterocycles. The first-order chi connectivity index (χ1) is 12.1. The first kappa shape index (κ1) is 22.2. The van der Waals surface area contributed by atoms with Crippen LogP contribution in [-0.2, 0) is 13.0 Å². The van der Waals surface area contributed by atoms with Gasteiger partial charge in [-0.25, -0.2) is 4.99 Å². The van der Waals surface area contributed by atoms with E-state index in [2.05, 4.69) is 37.9 Å². The van der Waals surface area contributed by atoms with E-state index in [0.29, 0.717) is 18.3 Å². The zero-order chi connectivity index (χ0) is 18.1. The van der Waals surface area contributed by atoms with Crippen LogP contribution in [0.4, 0.5) is 0 Å². The fraction of sp³-hybridized carbons (Fsp3) is 0.500. The number of halogens is 1. The second-order valence-corrected chi connectivity index (χ2v) is 5.78. The first-order valence-electron chi connectivity index (χ1n) is 8.57. The van der Waals surface area contributed by atoms with E-state index in [4.69, 9.17) is 9.26 Å². The van der Waals surface area contributed by atoms with E-state index in [1.807, 2.05) is 26.8 Å². The molecule has 0 radical (unpaired) electrons. The quantitative estimate of drug-likeness (QED) is 0.266. The summed E-state index contributed by atoms with van der Waals surface area (Å²) in [6, 6.07) is 6.15. The van der Waals surface area contributed by atoms with Crippen molar-refractivity contribution >= 4 is 29.9 Å². The van der Waals surface area contributed by atoms with Crippen LogP contribution >= 0.6 is 24.0 Å². The van der Waals surface area contributed by atoms with Gasteiger partial charge in [0.05, 0.1) is 13.7 Å². The molecule has 0 amide bonds. The average Bonchev–Trinajstić information content (AvgIpc) is 3.02. The van der Waals surface area contributed by atoms with Crippen molar-refractivity contribution in [2.24, 2.45) is 4.99 Å². The Morgan fingerprint density at radius 3 is 2.73 bits per heavy atom. The molecule has 0 atom stereocenters. The average molecular weight is 473 g/mol. The highest BCUT2D eigenvalue weighted by Gasteiger charge is 2.05. The molecule has 0 bridgehead atoms. The minimum atomic E-state index is 0. The summed E-state index contributed by atoms with van der Waals surface area (Å²) in [5.74, 6) is 2.99. The van der Waals surface area contributed by atoms with Crippen LogP contribution in [0.15, 0.2) is 27.7 Å². The van der Waals surface area contributed by atoms with E-state index in [-0.39, 0.29) is 24.0 Å². The topological polar surface area (TPSA) is 84.6 Å². The fourth-order valence-electron chi connectivity index (χ4n) is 2.38. The Hall–Kier alpha value is -1.84. The number of ether oxygens (including phenoxy) is 1. The first-order valence-corrected chi connectivity index (χ1v) is 8.57. The Kier molecular flexibility index (Phi) is 10.0. The van der Waals surface area contributed by atoms with Crippen molar-refractivity contribution in [3.05, 3.63) is 41.0 Å². The second kappa shape index (κ2) is 11.7. The van der Waals surface area contributed by atoms with Crippen LogP contribution in [0.2, 0.25) is 0 Å². The third kappa shape index (κ3) is 7.19. The molecule has 2 aromatic rings. The number of hydrogen-bond donors (Lipinski definition) is 2. The number of rotatable bonds is 8. The summed E-state index contributed by atoms with van der Waals surface area (Å²) in [4.78, 5) is 8.83. The molecule has 0 spiro atoms. The van der Waals surface area contributed by atoms with Gasteiger partial charge in [-0.3, -0.25) is 0 Å². The summed E-state index contributed by atoms with van der Waals surface area (Å²) in [6.07, 6.45) is 1.64. The summed E-state index contributed by atoms with van der Waals surface area (Å²) < 4.78 is 10.5. The van der Waals surface area contributed by atoms with Crippen LogP contribution in [0.1, 0.15) is 36.2 Å². The van der Waals surface area contributed by atoms with Gasteiger partial charge in [-0.2, -0.15) is 4.98 Å². The third-order valence-electron chi connectivity index (χ3n) is 3.62. The smallest absolute Gasteiger partial charge is 0.226 e. The number of nitrogens with zero attached hydrogens (tertiary/aromatic N) is 3. The Balaban J connectivity index is 0.00000338. The molecule has 0 aliphatic carbocycles. The molecule has 0 aliphatic heterocycles. The second-order valence-electron chi connectivity index (χ2n) is 5.78. The van der Waals surface area contributed by atoms with Crippen LogP contribution in [0.3, 0.4) is 0 Å². The molecule has 0 saturated carbocycles. The van der Waals surface area contributed by atoms with Gasteiger partial charge < -0.3 is 19.9 Å². The van der Waals surface area contributed by atoms with Crippen molar-refractivity contribution in [1.82, 2.24) is 20.8 Å². The number of aryl methyl sites for hydroxylation is 3. The normalized spacial score (nSPS) is 11.0. The summed E-state index contributed by atoms with van der Waals surface area (Å²) in [7, 11) is 1.69. The summed E-state index contributed by atoms with van der Waals surface area (Å²) >= 11 is 0. The number of benzene rings is 1. The molecule has 2 N–H and O–H groups in total. The van der Waals surface area contributed by atoms with E-state index in [0.717, 1.165) is 43.2 Å². The van der Waals surface area contributed by atoms with Gasteiger partial charge in [0.25, 0.3) is 0 Å². The van der Waals surface area contributed by atoms with Gasteiger partial charge in [-0.1, -0.05) is 17.3 Å². The largest absolute Gasteiger partial charge is 0.496 e. The SMILES string of the molecule is CCNC(=NCc1ccc(C)cc1OC)NCCCc1nc(C)no1.I. The summed E-state index contributed by atoms with van der Waals surface area (Å²) in [6.45, 7) is 8.05. The lowest BCUT2D eigenvalue weighted by molar-refractivity contribution is 0.372. The maximum absolute atomic E-state index is 5.43. The number of nitrogens with one attached hydrogen (secondary N) is 2. The lowest BCUT2D eigenvalue weighted by Gasteiger charge is -2.12. The standard InChI is InChI=1S/C18H27N5O2.HI/c1-5-19-18(20-10-6-7-17-22-14(3)23-25-17)21-12-15-9-8-13(2)11-16(15)24-4;/h8-9,11H,5-7,10,12H2,1-4H3,(H2,19,20,21);1H. The van der Waals surface area contributed by atoms with E-state index < -0.39 is 0 Å². The molecule has 7 nitrogen and oxygen atoms in total. The molecule has 0 unspecified atom stereocenters. The number of aliphatic imine (C=N–C) groups is 1. The van der Waals surface area contributed by atoms with Crippen molar-refractivity contribution in [2.75, 3.05) is 20.2 Å². The highest BCUT2D eigenvalue weighted by Crippen LogP contribution is 2.20. The lowest BCUT2D eigenvalue weighted by atomic mass is 10.1. The van der Waals surface area contributed by atoms with Gasteiger partial charge in [-0.05, 0) is 38.8 Å². The van der Waals surface area contributed by atoms with E-state index in [1.165, 1.54) is 5.56 Å². The van der Waals surface area contributed by atoms with E-state index in [1.54, 1.807) is 7.11 Å². The third-order valence-corrected chi connectivity index (χ3v) is 3.62. The molecule has 1 aromatic heterocycles. The van der Waals surface area contributed by atoms with Gasteiger partial charge in [-0.15, -0.1) is 24.0 Å². The predicted molar refractivity (Wildman–Crippen MR) is 113 cm³/mol. The van der Waals surface area contributed by atoms with E-state index >= 15 is 0 Å². The van der Waals surface area contributed by atoms with Crippen LogP contribution in [0.5, 0.6) is 5.75 Å². The highest BCUT2D eigenvalue weighted by atomic mass is 127. The Labute approximate surface area is 172 Å². The van der Waals surface area contributed by atoms with Crippen molar-refractivity contribution in [3.8, 4) is 5.75 Å². The number of aromatic nitrogens is 2. The van der Waals surface area contributed by atoms with Gasteiger partial charge >= 0.3 is 0 Å². The van der Waals surface area contributed by atoms with Crippen molar-refractivity contribution < 1.29 is 9.26 Å². The minimum absolute atomic E-state index is 0. The van der Waals surface area contributed by atoms with Crippen molar-refractivity contribution in [2.45, 2.75) is 40.2 Å². The van der Waals surface area contributed by atoms with E-state index in [9.17, 15) is 0 Å². The zero-order valence-corrected chi connectivity index (χ0v) is 18.2. The maximum Gasteiger partial charge on any atom is 0.226 e. The molecule has 1 heterocycles. The van der Waals surface area contributed by atoms with Gasteiger partial charge in [0.15, 0.2) is 11.8 Å². The Morgan fingerprint density at radius 2 is 2.08 bits per heavy atom. The van der Waals surface area contributed by atoms with Crippen molar-refractivity contribution in [1.29, 1.82) is 0 Å². The summed E-state index contributed by atoms with van der Waals surface area (Å²) in [5, 5.41) is 10.4. The molecular weight excluding hydrogens is 445 g/mol. The Morgan fingerprint density at radius 1 is 1.27 bits per heavy atom. The molecule has 1 aromatic carbocycles. The van der Waals surface area contributed by atoms with Crippen LogP contribution < -0.4 is 15.4 Å². The van der Waals surface area contributed by atoms with Crippen LogP contribution in [0.25, 0.3) is 0 Å². The monoisotopic (exact) mass is 473 g/mol. The Bertz CT molecular complexity index is 703. The molecule has 0 fully saturated rings. The highest BCUT2D eigenvalue weighted by molar-refractivity contribution is 14.0. The number of methoxy groups -OCH3 is 1. The van der Waals surface area contributed by atoms with Crippen LogP contribution in [-0.4, -0.2) is 36.3 Å². The van der Waals surface area contributed by atoms with Gasteiger partial charge in [0, 0.05) is 25.1 Å². The van der Waals surface area contributed by atoms with Crippen molar-refractivity contribution in [3.63, 3.8) is 0 Å². The molecule has 8 heteroatoms. The van der Waals surface area contributed by atoms with Gasteiger partial charge in [0.1, 0.15) is 5.75 Å². The number of guanidine groups is 1. The van der Waals surface area contributed by atoms with Gasteiger partial charge in [0.2, 0.25) is 5.89 Å². The molecular formula is C18H28IN5O2. The zero-order valence-electron chi connectivity index (χ0n) is 15.8. The van der Waals surface area contributed by atoms with Crippen LogP contribution in [0, 0.1) is 13.8 Å². The molecule has 2 rings (SSSR count). The molecule has 0 aliphatic rings. The fourth-order valence-corrected chi connectivity index (χ4v) is 2.38. The minimum Gasteiger partial charge on any atom is -0.496 e. The lowest BCUT2D eigenvalue weighted by Crippen LogP contribution is -2.37. The number of hydrogen-bond acceptors (Lipinski definition) is 5. The molecule has 26 heavy (non-hydrogen) atoms. The predicted octanol–water partition coefficient (Wildman–Crippen LogP) is 3.00. The summed E-state index contributed by atoms with van der Waals surface area (Å²) in [5.41, 5.74) is 2.23.